The standard InChI is InChI=1S/C15H17NO/c1-10-8-11(2)14(16)13(9-10)15(17)12-6-4-3-5-7-12/h3-9,15,17H,16H2,1-2H3/t15-/m0/s1. The third kappa shape index (κ3) is 2.32. The Morgan fingerprint density at radius 3 is 2.35 bits per heavy atom. The number of benzene rings is 2. The van der Waals surface area contributed by atoms with Crippen LogP contribution in [0.3, 0.4) is 0 Å². The number of anilines is 1. The molecule has 0 radical (unpaired) electrons. The number of aliphatic hydroxyl groups excluding tert-OH is 1. The van der Waals surface area contributed by atoms with Gasteiger partial charge in [0.05, 0.1) is 0 Å². The van der Waals surface area contributed by atoms with Crippen LogP contribution in [0.25, 0.3) is 0 Å². The van der Waals surface area contributed by atoms with Crippen molar-refractivity contribution in [3.05, 3.63) is 64.7 Å². The quantitative estimate of drug-likeness (QED) is 0.775. The molecular weight excluding hydrogens is 210 g/mol. The lowest BCUT2D eigenvalue weighted by molar-refractivity contribution is 0.221. The molecule has 2 aromatic rings. The highest BCUT2D eigenvalue weighted by molar-refractivity contribution is 5.57. The van der Waals surface area contributed by atoms with Gasteiger partial charge in [0.1, 0.15) is 6.10 Å². The summed E-state index contributed by atoms with van der Waals surface area (Å²) in [6, 6.07) is 13.5. The average molecular weight is 227 g/mol. The minimum atomic E-state index is -0.658. The molecule has 0 heterocycles. The zero-order chi connectivity index (χ0) is 12.4. The molecule has 17 heavy (non-hydrogen) atoms. The van der Waals surface area contributed by atoms with Crippen molar-refractivity contribution in [2.45, 2.75) is 20.0 Å². The van der Waals surface area contributed by atoms with Gasteiger partial charge in [0.15, 0.2) is 0 Å². The summed E-state index contributed by atoms with van der Waals surface area (Å²) in [6.07, 6.45) is -0.658. The number of nitrogens with two attached hydrogens (primary N) is 1. The zero-order valence-corrected chi connectivity index (χ0v) is 10.1. The van der Waals surface area contributed by atoms with E-state index in [2.05, 4.69) is 0 Å². The van der Waals surface area contributed by atoms with Gasteiger partial charge in [-0.1, -0.05) is 48.0 Å². The van der Waals surface area contributed by atoms with Crippen molar-refractivity contribution in [2.24, 2.45) is 0 Å². The van der Waals surface area contributed by atoms with Crippen LogP contribution in [0.15, 0.2) is 42.5 Å². The second-order valence-electron chi connectivity index (χ2n) is 4.40. The summed E-state index contributed by atoms with van der Waals surface area (Å²) in [5.74, 6) is 0. The van der Waals surface area contributed by atoms with Crippen molar-refractivity contribution in [3.63, 3.8) is 0 Å². The van der Waals surface area contributed by atoms with Gasteiger partial charge in [-0.15, -0.1) is 0 Å². The Labute approximate surface area is 102 Å². The normalized spacial score (nSPS) is 12.4. The maximum atomic E-state index is 10.3. The molecule has 0 aliphatic heterocycles. The molecule has 0 amide bonds. The second-order valence-corrected chi connectivity index (χ2v) is 4.40. The van der Waals surface area contributed by atoms with Crippen LogP contribution in [0.2, 0.25) is 0 Å². The second kappa shape index (κ2) is 4.60. The lowest BCUT2D eigenvalue weighted by Crippen LogP contribution is -2.05. The predicted octanol–water partition coefficient (Wildman–Crippen LogP) is 2.97. The number of aryl methyl sites for hydroxylation is 2. The van der Waals surface area contributed by atoms with Crippen LogP contribution in [-0.4, -0.2) is 5.11 Å². The molecule has 2 rings (SSSR count). The largest absolute Gasteiger partial charge is 0.398 e. The highest BCUT2D eigenvalue weighted by atomic mass is 16.3. The third-order valence-corrected chi connectivity index (χ3v) is 2.97. The van der Waals surface area contributed by atoms with E-state index in [-0.39, 0.29) is 0 Å². The number of rotatable bonds is 2. The van der Waals surface area contributed by atoms with E-state index in [1.165, 1.54) is 0 Å². The minimum Gasteiger partial charge on any atom is -0.398 e. The third-order valence-electron chi connectivity index (χ3n) is 2.97. The number of aliphatic hydroxyl groups is 1. The van der Waals surface area contributed by atoms with Gasteiger partial charge in [-0.2, -0.15) is 0 Å². The monoisotopic (exact) mass is 227 g/mol. The Balaban J connectivity index is 2.48. The number of hydrogen-bond acceptors (Lipinski definition) is 2. The first kappa shape index (κ1) is 11.7. The number of hydrogen-bond donors (Lipinski definition) is 2. The van der Waals surface area contributed by atoms with Gasteiger partial charge in [0.25, 0.3) is 0 Å². The van der Waals surface area contributed by atoms with Crippen molar-refractivity contribution in [1.82, 2.24) is 0 Å². The lowest BCUT2D eigenvalue weighted by atomic mass is 9.96. The van der Waals surface area contributed by atoms with Gasteiger partial charge in [-0.25, -0.2) is 0 Å². The molecule has 2 nitrogen and oxygen atoms in total. The molecule has 0 bridgehead atoms. The van der Waals surface area contributed by atoms with Crippen LogP contribution in [0, 0.1) is 13.8 Å². The Morgan fingerprint density at radius 1 is 1.06 bits per heavy atom. The van der Waals surface area contributed by atoms with Crippen LogP contribution >= 0.6 is 0 Å². The predicted molar refractivity (Wildman–Crippen MR) is 70.8 cm³/mol. The van der Waals surface area contributed by atoms with Gasteiger partial charge in [-0.05, 0) is 25.0 Å². The van der Waals surface area contributed by atoms with Gasteiger partial charge < -0.3 is 10.8 Å². The summed E-state index contributed by atoms with van der Waals surface area (Å²) in [5, 5.41) is 10.3. The summed E-state index contributed by atoms with van der Waals surface area (Å²) in [6.45, 7) is 3.97. The van der Waals surface area contributed by atoms with Crippen molar-refractivity contribution in [1.29, 1.82) is 0 Å². The van der Waals surface area contributed by atoms with E-state index in [1.807, 2.05) is 56.3 Å². The molecule has 0 saturated heterocycles. The van der Waals surface area contributed by atoms with E-state index < -0.39 is 6.10 Å². The maximum absolute atomic E-state index is 10.3. The molecule has 0 fully saturated rings. The summed E-state index contributed by atoms with van der Waals surface area (Å²) in [4.78, 5) is 0. The van der Waals surface area contributed by atoms with Crippen molar-refractivity contribution in [2.75, 3.05) is 5.73 Å². The van der Waals surface area contributed by atoms with Crippen molar-refractivity contribution in [3.8, 4) is 0 Å². The number of nitrogen functional groups attached to an aromatic ring is 1. The fourth-order valence-electron chi connectivity index (χ4n) is 2.05. The van der Waals surface area contributed by atoms with Crippen LogP contribution in [-0.2, 0) is 0 Å². The first-order chi connectivity index (χ1) is 8.09. The topological polar surface area (TPSA) is 46.2 Å². The summed E-state index contributed by atoms with van der Waals surface area (Å²) < 4.78 is 0. The van der Waals surface area contributed by atoms with Crippen LogP contribution in [0.5, 0.6) is 0 Å². The van der Waals surface area contributed by atoms with E-state index in [9.17, 15) is 5.11 Å². The fraction of sp³-hybridized carbons (Fsp3) is 0.200. The molecule has 0 unspecified atom stereocenters. The molecule has 0 aliphatic carbocycles. The van der Waals surface area contributed by atoms with Crippen LogP contribution < -0.4 is 5.73 Å². The SMILES string of the molecule is Cc1cc(C)c(N)c([C@@H](O)c2ccccc2)c1. The van der Waals surface area contributed by atoms with Gasteiger partial charge in [0, 0.05) is 11.3 Å². The van der Waals surface area contributed by atoms with Gasteiger partial charge >= 0.3 is 0 Å². The molecule has 3 N–H and O–H groups in total. The van der Waals surface area contributed by atoms with E-state index in [1.54, 1.807) is 0 Å². The lowest BCUT2D eigenvalue weighted by Gasteiger charge is -2.16. The molecular formula is C15H17NO. The van der Waals surface area contributed by atoms with E-state index in [4.69, 9.17) is 5.73 Å². The molecule has 0 saturated carbocycles. The maximum Gasteiger partial charge on any atom is 0.106 e. The molecule has 0 aromatic heterocycles. The zero-order valence-electron chi connectivity index (χ0n) is 10.1. The summed E-state index contributed by atoms with van der Waals surface area (Å²) in [7, 11) is 0. The van der Waals surface area contributed by atoms with Crippen LogP contribution in [0.1, 0.15) is 28.4 Å². The molecule has 1 atom stereocenters. The summed E-state index contributed by atoms with van der Waals surface area (Å²) in [5.41, 5.74) is 10.5. The van der Waals surface area contributed by atoms with Crippen molar-refractivity contribution >= 4 is 5.69 Å². The highest BCUT2D eigenvalue weighted by Crippen LogP contribution is 2.29. The molecule has 88 valence electrons. The molecule has 2 heteroatoms. The van der Waals surface area contributed by atoms with E-state index in [0.717, 1.165) is 22.3 Å². The Hall–Kier alpha value is -1.80. The van der Waals surface area contributed by atoms with E-state index in [0.29, 0.717) is 5.69 Å². The Kier molecular flexibility index (Phi) is 3.16. The van der Waals surface area contributed by atoms with Crippen LogP contribution in [0.4, 0.5) is 5.69 Å². The fourth-order valence-corrected chi connectivity index (χ4v) is 2.05. The van der Waals surface area contributed by atoms with Gasteiger partial charge in [-0.3, -0.25) is 0 Å². The molecule has 0 aliphatic rings. The molecule has 2 aromatic carbocycles. The first-order valence-corrected chi connectivity index (χ1v) is 5.69. The smallest absolute Gasteiger partial charge is 0.106 e. The Bertz CT molecular complexity index is 520. The average Bonchev–Trinajstić information content (AvgIpc) is 2.34. The minimum absolute atomic E-state index is 0.658. The Morgan fingerprint density at radius 2 is 1.71 bits per heavy atom. The highest BCUT2D eigenvalue weighted by Gasteiger charge is 2.14. The first-order valence-electron chi connectivity index (χ1n) is 5.69. The molecule has 0 spiro atoms. The van der Waals surface area contributed by atoms with Crippen molar-refractivity contribution < 1.29 is 5.11 Å². The van der Waals surface area contributed by atoms with Gasteiger partial charge in [0.2, 0.25) is 0 Å². The van der Waals surface area contributed by atoms with E-state index >= 15 is 0 Å². The summed E-state index contributed by atoms with van der Waals surface area (Å²) >= 11 is 0.